The molecule has 0 saturated carbocycles. The molecule has 25 heavy (non-hydrogen) atoms. The third kappa shape index (κ3) is 4.35. The lowest BCUT2D eigenvalue weighted by Gasteiger charge is -2.16. The minimum absolute atomic E-state index is 0.0878. The highest BCUT2D eigenvalue weighted by Gasteiger charge is 2.42. The molecule has 2 N–H and O–H groups in total. The van der Waals surface area contributed by atoms with Gasteiger partial charge in [0, 0.05) is 12.1 Å². The van der Waals surface area contributed by atoms with E-state index >= 15 is 0 Å². The number of rotatable bonds is 6. The Morgan fingerprint density at radius 2 is 2.04 bits per heavy atom. The number of carbonyl (C=O) groups excluding carboxylic acids is 2. The average molecular weight is 389 g/mol. The highest BCUT2D eigenvalue weighted by atomic mass is 32.2. The second-order valence-electron chi connectivity index (χ2n) is 5.61. The molecule has 1 aromatic rings. The van der Waals surface area contributed by atoms with E-state index in [4.69, 9.17) is 0 Å². The molecule has 1 heterocycles. The van der Waals surface area contributed by atoms with Crippen molar-refractivity contribution >= 4 is 37.5 Å². The first-order valence-electron chi connectivity index (χ1n) is 7.44. The first kappa shape index (κ1) is 19.3. The zero-order valence-corrected chi connectivity index (χ0v) is 15.4. The Morgan fingerprint density at radius 1 is 1.36 bits per heavy atom. The predicted molar refractivity (Wildman–Crippen MR) is 92.1 cm³/mol. The van der Waals surface area contributed by atoms with Gasteiger partial charge >= 0.3 is 0 Å². The molecule has 0 aromatic heterocycles. The van der Waals surface area contributed by atoms with E-state index in [0.717, 1.165) is 0 Å². The van der Waals surface area contributed by atoms with Gasteiger partial charge in [-0.25, -0.2) is 25.9 Å². The van der Waals surface area contributed by atoms with Crippen molar-refractivity contribution in [3.63, 3.8) is 0 Å². The summed E-state index contributed by atoms with van der Waals surface area (Å²) in [5.74, 6) is -2.31. The van der Waals surface area contributed by atoms with Crippen LogP contribution in [0.4, 0.5) is 5.69 Å². The minimum atomic E-state index is -3.76. The SMILES string of the molecule is CNS(=O)(=O)CCNC(=O)c1cccc(N2C(=O)C(C)CS2(=O)=O)c1. The average Bonchev–Trinajstić information content (AvgIpc) is 2.74. The van der Waals surface area contributed by atoms with E-state index in [2.05, 4.69) is 10.0 Å². The van der Waals surface area contributed by atoms with Gasteiger partial charge in [0.05, 0.1) is 23.1 Å². The second-order valence-corrected chi connectivity index (χ2v) is 9.52. The van der Waals surface area contributed by atoms with Gasteiger partial charge in [-0.1, -0.05) is 13.0 Å². The van der Waals surface area contributed by atoms with Gasteiger partial charge in [-0.05, 0) is 25.2 Å². The van der Waals surface area contributed by atoms with Crippen molar-refractivity contribution in [2.24, 2.45) is 5.92 Å². The van der Waals surface area contributed by atoms with Gasteiger partial charge in [-0.3, -0.25) is 9.59 Å². The van der Waals surface area contributed by atoms with E-state index in [0.29, 0.717) is 4.31 Å². The number of nitrogens with one attached hydrogen (secondary N) is 2. The third-order valence-corrected chi connectivity index (χ3v) is 6.90. The van der Waals surface area contributed by atoms with E-state index < -0.39 is 37.8 Å². The summed E-state index contributed by atoms with van der Waals surface area (Å²) >= 11 is 0. The lowest BCUT2D eigenvalue weighted by Crippen LogP contribution is -2.33. The van der Waals surface area contributed by atoms with Crippen molar-refractivity contribution in [2.75, 3.05) is 29.4 Å². The van der Waals surface area contributed by atoms with E-state index in [1.165, 1.54) is 38.2 Å². The zero-order chi connectivity index (χ0) is 18.8. The molecule has 1 saturated heterocycles. The molecular weight excluding hydrogens is 370 g/mol. The van der Waals surface area contributed by atoms with Crippen molar-refractivity contribution in [2.45, 2.75) is 6.92 Å². The maximum Gasteiger partial charge on any atom is 0.251 e. The van der Waals surface area contributed by atoms with Crippen LogP contribution in [0, 0.1) is 5.92 Å². The van der Waals surface area contributed by atoms with E-state index in [-0.39, 0.29) is 29.3 Å². The van der Waals surface area contributed by atoms with Crippen LogP contribution >= 0.6 is 0 Å². The molecule has 138 valence electrons. The van der Waals surface area contributed by atoms with Gasteiger partial charge < -0.3 is 5.32 Å². The first-order chi connectivity index (χ1) is 11.6. The molecule has 1 atom stereocenters. The fourth-order valence-corrected chi connectivity index (χ4v) is 4.75. The van der Waals surface area contributed by atoms with Crippen molar-refractivity contribution in [3.8, 4) is 0 Å². The van der Waals surface area contributed by atoms with Gasteiger partial charge in [-0.15, -0.1) is 0 Å². The molecular formula is C14H19N3O6S2. The van der Waals surface area contributed by atoms with E-state index in [1.54, 1.807) is 0 Å². The zero-order valence-electron chi connectivity index (χ0n) is 13.7. The van der Waals surface area contributed by atoms with Crippen LogP contribution in [-0.2, 0) is 24.8 Å². The topological polar surface area (TPSA) is 130 Å². The van der Waals surface area contributed by atoms with Gasteiger partial charge in [0.15, 0.2) is 0 Å². The Bertz CT molecular complexity index is 895. The molecule has 1 aromatic carbocycles. The minimum Gasteiger partial charge on any atom is -0.351 e. The number of hydrogen-bond donors (Lipinski definition) is 2. The number of hydrogen-bond acceptors (Lipinski definition) is 6. The van der Waals surface area contributed by atoms with E-state index in [1.807, 2.05) is 0 Å². The molecule has 1 aliphatic rings. The van der Waals surface area contributed by atoms with Crippen LogP contribution in [0.5, 0.6) is 0 Å². The van der Waals surface area contributed by atoms with Crippen LogP contribution in [-0.4, -0.2) is 53.7 Å². The molecule has 0 spiro atoms. The van der Waals surface area contributed by atoms with Gasteiger partial charge in [0.25, 0.3) is 5.91 Å². The summed E-state index contributed by atoms with van der Waals surface area (Å²) in [6.07, 6.45) is 0. The second kappa shape index (κ2) is 7.10. The van der Waals surface area contributed by atoms with Crippen LogP contribution < -0.4 is 14.3 Å². The molecule has 0 aliphatic carbocycles. The Labute approximate surface area is 146 Å². The van der Waals surface area contributed by atoms with Crippen molar-refractivity contribution < 1.29 is 26.4 Å². The Balaban J connectivity index is 2.16. The van der Waals surface area contributed by atoms with Crippen molar-refractivity contribution in [3.05, 3.63) is 29.8 Å². The number of anilines is 1. The standard InChI is InChI=1S/C14H19N3O6S2/c1-10-9-25(22,23)17(14(10)19)12-5-3-4-11(8-12)13(18)16-6-7-24(20,21)15-2/h3-5,8,10,15H,6-7,9H2,1-2H3,(H,16,18). The fraction of sp³-hybridized carbons (Fsp3) is 0.429. The molecule has 0 bridgehead atoms. The summed E-state index contributed by atoms with van der Waals surface area (Å²) in [7, 11) is -5.93. The summed E-state index contributed by atoms with van der Waals surface area (Å²) < 4.78 is 49.7. The Morgan fingerprint density at radius 3 is 2.60 bits per heavy atom. The Hall–Kier alpha value is -1.98. The molecule has 9 nitrogen and oxygen atoms in total. The Kier molecular flexibility index (Phi) is 5.49. The maximum absolute atomic E-state index is 12.1. The molecule has 2 rings (SSSR count). The number of nitrogens with zero attached hydrogens (tertiary/aromatic N) is 1. The molecule has 1 unspecified atom stereocenters. The normalized spacial score (nSPS) is 19.8. The highest BCUT2D eigenvalue weighted by molar-refractivity contribution is 7.94. The summed E-state index contributed by atoms with van der Waals surface area (Å²) in [6, 6.07) is 5.62. The predicted octanol–water partition coefficient (Wildman–Crippen LogP) is -0.722. The lowest BCUT2D eigenvalue weighted by molar-refractivity contribution is -0.119. The van der Waals surface area contributed by atoms with E-state index in [9.17, 15) is 26.4 Å². The molecule has 11 heteroatoms. The number of carbonyl (C=O) groups is 2. The largest absolute Gasteiger partial charge is 0.351 e. The monoisotopic (exact) mass is 389 g/mol. The van der Waals surface area contributed by atoms with Gasteiger partial charge in [-0.2, -0.15) is 0 Å². The molecule has 1 aliphatic heterocycles. The third-order valence-electron chi connectivity index (χ3n) is 3.67. The number of benzene rings is 1. The van der Waals surface area contributed by atoms with Crippen molar-refractivity contribution in [1.82, 2.24) is 10.0 Å². The number of amides is 2. The summed E-state index contributed by atoms with van der Waals surface area (Å²) in [6.45, 7) is 1.42. The first-order valence-corrected chi connectivity index (χ1v) is 10.7. The van der Waals surface area contributed by atoms with Gasteiger partial charge in [0.2, 0.25) is 26.0 Å². The fourth-order valence-electron chi connectivity index (χ4n) is 2.36. The highest BCUT2D eigenvalue weighted by Crippen LogP contribution is 2.28. The van der Waals surface area contributed by atoms with Crippen LogP contribution in [0.2, 0.25) is 0 Å². The van der Waals surface area contributed by atoms with Gasteiger partial charge in [0.1, 0.15) is 0 Å². The van der Waals surface area contributed by atoms with Crippen LogP contribution in [0.1, 0.15) is 17.3 Å². The van der Waals surface area contributed by atoms with Crippen LogP contribution in [0.25, 0.3) is 0 Å². The molecule has 1 fully saturated rings. The summed E-state index contributed by atoms with van der Waals surface area (Å²) in [4.78, 5) is 24.2. The van der Waals surface area contributed by atoms with Crippen LogP contribution in [0.3, 0.4) is 0 Å². The smallest absolute Gasteiger partial charge is 0.251 e. The molecule has 0 radical (unpaired) electrons. The summed E-state index contributed by atoms with van der Waals surface area (Å²) in [5.41, 5.74) is 0.215. The quantitative estimate of drug-likeness (QED) is 0.660. The number of sulfonamides is 2. The molecule has 2 amide bonds. The summed E-state index contributed by atoms with van der Waals surface area (Å²) in [5, 5.41) is 2.44. The van der Waals surface area contributed by atoms with Crippen molar-refractivity contribution in [1.29, 1.82) is 0 Å². The maximum atomic E-state index is 12.1. The lowest BCUT2D eigenvalue weighted by atomic mass is 10.1. The van der Waals surface area contributed by atoms with Crippen LogP contribution in [0.15, 0.2) is 24.3 Å².